The molecule has 1 aliphatic rings. The zero-order valence-electron chi connectivity index (χ0n) is 10.4. The lowest BCUT2D eigenvalue weighted by Crippen LogP contribution is -2.44. The maximum Gasteiger partial charge on any atom is 0.244 e. The van der Waals surface area contributed by atoms with E-state index in [1.165, 1.54) is 0 Å². The molecule has 0 spiro atoms. The van der Waals surface area contributed by atoms with Crippen LogP contribution >= 0.6 is 0 Å². The molecule has 17 heavy (non-hydrogen) atoms. The van der Waals surface area contributed by atoms with E-state index in [1.54, 1.807) is 12.4 Å². The fourth-order valence-electron chi connectivity index (χ4n) is 2.28. The number of rotatable bonds is 2. The zero-order valence-corrected chi connectivity index (χ0v) is 10.4. The minimum atomic E-state index is -0.0762. The van der Waals surface area contributed by atoms with Gasteiger partial charge in [0.05, 0.1) is 17.9 Å². The molecule has 1 saturated heterocycles. The number of aromatic nitrogens is 1. The molecule has 2 rings (SSSR count). The molecule has 1 N–H and O–H groups in total. The van der Waals surface area contributed by atoms with E-state index in [2.05, 4.69) is 17.2 Å². The van der Waals surface area contributed by atoms with E-state index in [0.29, 0.717) is 5.92 Å². The van der Waals surface area contributed by atoms with Crippen LogP contribution in [-0.2, 0) is 4.79 Å². The average Bonchev–Trinajstić information content (AvgIpc) is 2.50. The lowest BCUT2D eigenvalue weighted by molar-refractivity contribution is -0.120. The molecule has 1 aliphatic heterocycles. The Balaban J connectivity index is 2.24. The van der Waals surface area contributed by atoms with Crippen LogP contribution in [0.2, 0.25) is 0 Å². The van der Waals surface area contributed by atoms with Crippen LogP contribution in [0.4, 0.5) is 5.69 Å². The quantitative estimate of drug-likeness (QED) is 0.840. The molecular weight excluding hydrogens is 214 g/mol. The summed E-state index contributed by atoms with van der Waals surface area (Å²) in [7, 11) is 1.85. The normalized spacial score (nSPS) is 25.8. The number of hydrogen-bond acceptors (Lipinski definition) is 3. The topological polar surface area (TPSA) is 45.2 Å². The van der Waals surface area contributed by atoms with E-state index < -0.39 is 0 Å². The molecule has 0 bridgehead atoms. The first-order chi connectivity index (χ1) is 8.22. The number of pyridine rings is 1. The van der Waals surface area contributed by atoms with E-state index in [1.807, 2.05) is 24.1 Å². The Hall–Kier alpha value is -1.42. The van der Waals surface area contributed by atoms with Crippen LogP contribution in [0, 0.1) is 5.92 Å². The third-order valence-corrected chi connectivity index (χ3v) is 3.35. The zero-order chi connectivity index (χ0) is 12.3. The van der Waals surface area contributed by atoms with Crippen molar-refractivity contribution in [2.45, 2.75) is 25.8 Å². The minimum Gasteiger partial charge on any atom is -0.310 e. The lowest BCUT2D eigenvalue weighted by atomic mass is 10.0. The second kappa shape index (κ2) is 5.27. The largest absolute Gasteiger partial charge is 0.310 e. The molecule has 2 atom stereocenters. The highest BCUT2D eigenvalue weighted by atomic mass is 16.2. The van der Waals surface area contributed by atoms with Crippen molar-refractivity contribution in [2.24, 2.45) is 5.92 Å². The lowest BCUT2D eigenvalue weighted by Gasteiger charge is -2.23. The molecule has 92 valence electrons. The second-order valence-electron chi connectivity index (χ2n) is 4.67. The molecular formula is C13H19N3O. The van der Waals surface area contributed by atoms with Crippen molar-refractivity contribution in [3.05, 3.63) is 24.5 Å². The SMILES string of the molecule is CNC1CC(C)CCN(c2cccnc2)C1=O. The molecule has 2 unspecified atom stereocenters. The summed E-state index contributed by atoms with van der Waals surface area (Å²) < 4.78 is 0. The van der Waals surface area contributed by atoms with Crippen LogP contribution in [0.15, 0.2) is 24.5 Å². The van der Waals surface area contributed by atoms with E-state index in [0.717, 1.165) is 25.1 Å². The second-order valence-corrected chi connectivity index (χ2v) is 4.67. The molecule has 4 nitrogen and oxygen atoms in total. The third-order valence-electron chi connectivity index (χ3n) is 3.35. The Kier molecular flexibility index (Phi) is 3.74. The van der Waals surface area contributed by atoms with Gasteiger partial charge in [-0.2, -0.15) is 0 Å². The Labute approximate surface area is 102 Å². The highest BCUT2D eigenvalue weighted by molar-refractivity contribution is 5.97. The number of hydrogen-bond donors (Lipinski definition) is 1. The highest BCUT2D eigenvalue weighted by Gasteiger charge is 2.29. The Morgan fingerprint density at radius 3 is 3.00 bits per heavy atom. The molecule has 4 heteroatoms. The van der Waals surface area contributed by atoms with Gasteiger partial charge >= 0.3 is 0 Å². The first-order valence-corrected chi connectivity index (χ1v) is 6.11. The van der Waals surface area contributed by atoms with Gasteiger partial charge in [-0.25, -0.2) is 0 Å². The van der Waals surface area contributed by atoms with Gasteiger partial charge in [0.25, 0.3) is 0 Å². The van der Waals surface area contributed by atoms with Gasteiger partial charge in [0, 0.05) is 12.7 Å². The van der Waals surface area contributed by atoms with Crippen molar-refractivity contribution in [1.29, 1.82) is 0 Å². The first kappa shape index (κ1) is 12.0. The summed E-state index contributed by atoms with van der Waals surface area (Å²) >= 11 is 0. The number of carbonyl (C=O) groups is 1. The molecule has 0 saturated carbocycles. The number of amides is 1. The van der Waals surface area contributed by atoms with Crippen LogP contribution in [0.25, 0.3) is 0 Å². The van der Waals surface area contributed by atoms with Crippen LogP contribution in [0.1, 0.15) is 19.8 Å². The number of carbonyl (C=O) groups excluding carboxylic acids is 1. The highest BCUT2D eigenvalue weighted by Crippen LogP contribution is 2.22. The predicted molar refractivity (Wildman–Crippen MR) is 67.8 cm³/mol. The summed E-state index contributed by atoms with van der Waals surface area (Å²) in [6.07, 6.45) is 5.43. The number of nitrogens with zero attached hydrogens (tertiary/aromatic N) is 2. The van der Waals surface area contributed by atoms with Crippen molar-refractivity contribution < 1.29 is 4.79 Å². The maximum atomic E-state index is 12.4. The van der Waals surface area contributed by atoms with Crippen LogP contribution < -0.4 is 10.2 Å². The van der Waals surface area contributed by atoms with Crippen LogP contribution in [0.3, 0.4) is 0 Å². The van der Waals surface area contributed by atoms with E-state index in [4.69, 9.17) is 0 Å². The molecule has 0 aromatic carbocycles. The first-order valence-electron chi connectivity index (χ1n) is 6.11. The van der Waals surface area contributed by atoms with E-state index in [-0.39, 0.29) is 11.9 Å². The van der Waals surface area contributed by atoms with Gasteiger partial charge in [-0.15, -0.1) is 0 Å². The van der Waals surface area contributed by atoms with E-state index in [9.17, 15) is 4.79 Å². The van der Waals surface area contributed by atoms with Crippen molar-refractivity contribution in [3.63, 3.8) is 0 Å². The minimum absolute atomic E-state index is 0.0762. The van der Waals surface area contributed by atoms with Crippen molar-refractivity contribution >= 4 is 11.6 Å². The van der Waals surface area contributed by atoms with Gasteiger partial charge in [-0.05, 0) is 37.9 Å². The molecule has 1 amide bonds. The molecule has 0 aliphatic carbocycles. The fraction of sp³-hybridized carbons (Fsp3) is 0.538. The van der Waals surface area contributed by atoms with E-state index >= 15 is 0 Å². The number of likely N-dealkylation sites (N-methyl/N-ethyl adjacent to an activating group) is 1. The Morgan fingerprint density at radius 1 is 1.53 bits per heavy atom. The standard InChI is InChI=1S/C13H19N3O/c1-10-5-7-16(11-4-3-6-15-9-11)13(17)12(8-10)14-2/h3-4,6,9-10,12,14H,5,7-8H2,1-2H3. The van der Waals surface area contributed by atoms with Crippen LogP contribution in [0.5, 0.6) is 0 Å². The van der Waals surface area contributed by atoms with Crippen LogP contribution in [-0.4, -0.2) is 30.5 Å². The number of nitrogens with one attached hydrogen (secondary N) is 1. The van der Waals surface area contributed by atoms with Crippen molar-refractivity contribution in [2.75, 3.05) is 18.5 Å². The van der Waals surface area contributed by atoms with Gasteiger partial charge < -0.3 is 10.2 Å². The average molecular weight is 233 g/mol. The van der Waals surface area contributed by atoms with Crippen molar-refractivity contribution in [1.82, 2.24) is 10.3 Å². The summed E-state index contributed by atoms with van der Waals surface area (Å²) in [4.78, 5) is 18.3. The molecule has 1 fully saturated rings. The Bertz CT molecular complexity index is 380. The van der Waals surface area contributed by atoms with Gasteiger partial charge in [-0.3, -0.25) is 9.78 Å². The van der Waals surface area contributed by atoms with Gasteiger partial charge in [0.2, 0.25) is 5.91 Å². The summed E-state index contributed by atoms with van der Waals surface area (Å²) in [5, 5.41) is 3.11. The molecule has 2 heterocycles. The maximum absolute atomic E-state index is 12.4. The summed E-state index contributed by atoms with van der Waals surface area (Å²) in [6.45, 7) is 2.98. The molecule has 0 radical (unpaired) electrons. The third kappa shape index (κ3) is 2.64. The molecule has 1 aromatic heterocycles. The van der Waals surface area contributed by atoms with Crippen molar-refractivity contribution in [3.8, 4) is 0 Å². The van der Waals surface area contributed by atoms with Gasteiger partial charge in [-0.1, -0.05) is 6.92 Å². The summed E-state index contributed by atoms with van der Waals surface area (Å²) in [6, 6.07) is 3.73. The number of anilines is 1. The fourth-order valence-corrected chi connectivity index (χ4v) is 2.28. The van der Waals surface area contributed by atoms with Gasteiger partial charge in [0.15, 0.2) is 0 Å². The monoisotopic (exact) mass is 233 g/mol. The summed E-state index contributed by atoms with van der Waals surface area (Å²) in [5.74, 6) is 0.725. The van der Waals surface area contributed by atoms with Gasteiger partial charge in [0.1, 0.15) is 0 Å². The molecule has 1 aromatic rings. The summed E-state index contributed by atoms with van der Waals surface area (Å²) in [5.41, 5.74) is 0.895. The smallest absolute Gasteiger partial charge is 0.244 e. The Morgan fingerprint density at radius 2 is 2.35 bits per heavy atom. The predicted octanol–water partition coefficient (Wildman–Crippen LogP) is 1.43.